The second kappa shape index (κ2) is 4.79. The molecule has 0 unspecified atom stereocenters. The van der Waals surface area contributed by atoms with Crippen molar-refractivity contribution in [1.29, 1.82) is 0 Å². The number of hydrogen-bond acceptors (Lipinski definition) is 3. The summed E-state index contributed by atoms with van der Waals surface area (Å²) in [5.41, 5.74) is 2.18. The molecule has 0 atom stereocenters. The molecule has 0 aliphatic heterocycles. The standard InChI is InChI=1S/C12H16N4/c1-9(2)7-13-11-5-3-10(4-6-11)12-14-8-15-16-12/h3-6,8-9,13H,7H2,1-2H3,(H,14,15,16). The fraction of sp³-hybridized carbons (Fsp3) is 0.333. The Labute approximate surface area is 95.1 Å². The number of rotatable bonds is 4. The molecule has 0 saturated carbocycles. The summed E-state index contributed by atoms with van der Waals surface area (Å²) in [5.74, 6) is 1.45. The van der Waals surface area contributed by atoms with Crippen molar-refractivity contribution < 1.29 is 0 Å². The fourth-order valence-electron chi connectivity index (χ4n) is 1.41. The maximum Gasteiger partial charge on any atom is 0.155 e. The van der Waals surface area contributed by atoms with E-state index in [-0.39, 0.29) is 0 Å². The molecule has 1 aromatic carbocycles. The molecule has 0 aliphatic carbocycles. The van der Waals surface area contributed by atoms with Crippen LogP contribution in [0.25, 0.3) is 11.4 Å². The largest absolute Gasteiger partial charge is 0.385 e. The van der Waals surface area contributed by atoms with Crippen LogP contribution < -0.4 is 5.32 Å². The number of hydrogen-bond donors (Lipinski definition) is 2. The molecule has 2 N–H and O–H groups in total. The van der Waals surface area contributed by atoms with Crippen LogP contribution in [0.2, 0.25) is 0 Å². The van der Waals surface area contributed by atoms with Gasteiger partial charge in [-0.05, 0) is 30.2 Å². The number of anilines is 1. The molecule has 0 aliphatic rings. The predicted octanol–water partition coefficient (Wildman–Crippen LogP) is 2.54. The zero-order chi connectivity index (χ0) is 11.4. The van der Waals surface area contributed by atoms with Crippen molar-refractivity contribution in [3.05, 3.63) is 30.6 Å². The SMILES string of the molecule is CC(C)CNc1ccc(-c2ncn[nH]2)cc1. The maximum absolute atomic E-state index is 4.10. The smallest absolute Gasteiger partial charge is 0.155 e. The summed E-state index contributed by atoms with van der Waals surface area (Å²) in [6, 6.07) is 8.17. The van der Waals surface area contributed by atoms with Crippen LogP contribution >= 0.6 is 0 Å². The van der Waals surface area contributed by atoms with Crippen molar-refractivity contribution in [3.63, 3.8) is 0 Å². The molecular formula is C12H16N4. The number of aromatic amines is 1. The summed E-state index contributed by atoms with van der Waals surface area (Å²) in [6.45, 7) is 5.37. The van der Waals surface area contributed by atoms with E-state index in [9.17, 15) is 0 Å². The summed E-state index contributed by atoms with van der Waals surface area (Å²) >= 11 is 0. The normalized spacial score (nSPS) is 10.7. The van der Waals surface area contributed by atoms with Gasteiger partial charge in [0.25, 0.3) is 0 Å². The summed E-state index contributed by atoms with van der Waals surface area (Å²) in [7, 11) is 0. The molecule has 0 spiro atoms. The van der Waals surface area contributed by atoms with Crippen LogP contribution in [0.5, 0.6) is 0 Å². The second-order valence-corrected chi connectivity index (χ2v) is 4.19. The van der Waals surface area contributed by atoms with E-state index in [4.69, 9.17) is 0 Å². The van der Waals surface area contributed by atoms with Gasteiger partial charge in [0.05, 0.1) is 0 Å². The Morgan fingerprint density at radius 1 is 1.25 bits per heavy atom. The second-order valence-electron chi connectivity index (χ2n) is 4.19. The Morgan fingerprint density at radius 2 is 2.00 bits per heavy atom. The maximum atomic E-state index is 4.10. The zero-order valence-electron chi connectivity index (χ0n) is 9.57. The van der Waals surface area contributed by atoms with Crippen LogP contribution in [-0.4, -0.2) is 21.7 Å². The topological polar surface area (TPSA) is 53.6 Å². The van der Waals surface area contributed by atoms with Gasteiger partial charge in [-0.1, -0.05) is 13.8 Å². The number of aromatic nitrogens is 3. The summed E-state index contributed by atoms with van der Waals surface area (Å²) in [6.07, 6.45) is 1.51. The van der Waals surface area contributed by atoms with Crippen LogP contribution in [-0.2, 0) is 0 Å². The van der Waals surface area contributed by atoms with E-state index in [1.165, 1.54) is 6.33 Å². The molecule has 0 amide bonds. The highest BCUT2D eigenvalue weighted by Gasteiger charge is 2.00. The molecule has 1 aromatic heterocycles. The lowest BCUT2D eigenvalue weighted by Crippen LogP contribution is -2.07. The Hall–Kier alpha value is -1.84. The average Bonchev–Trinajstić information content (AvgIpc) is 2.80. The Balaban J connectivity index is 2.05. The molecule has 16 heavy (non-hydrogen) atoms. The van der Waals surface area contributed by atoms with Crippen LogP contribution in [0.3, 0.4) is 0 Å². The highest BCUT2D eigenvalue weighted by Crippen LogP contribution is 2.17. The number of nitrogens with one attached hydrogen (secondary N) is 2. The van der Waals surface area contributed by atoms with Crippen molar-refractivity contribution in [2.75, 3.05) is 11.9 Å². The Morgan fingerprint density at radius 3 is 2.56 bits per heavy atom. The van der Waals surface area contributed by atoms with Crippen molar-refractivity contribution in [1.82, 2.24) is 15.2 Å². The minimum Gasteiger partial charge on any atom is -0.385 e. The van der Waals surface area contributed by atoms with Gasteiger partial charge >= 0.3 is 0 Å². The number of nitrogens with zero attached hydrogens (tertiary/aromatic N) is 2. The lowest BCUT2D eigenvalue weighted by atomic mass is 10.2. The van der Waals surface area contributed by atoms with Gasteiger partial charge < -0.3 is 5.32 Å². The molecule has 0 saturated heterocycles. The van der Waals surface area contributed by atoms with Gasteiger partial charge in [-0.15, -0.1) is 0 Å². The van der Waals surface area contributed by atoms with E-state index < -0.39 is 0 Å². The number of H-pyrrole nitrogens is 1. The first-order valence-electron chi connectivity index (χ1n) is 5.45. The molecular weight excluding hydrogens is 200 g/mol. The van der Waals surface area contributed by atoms with Gasteiger partial charge in [0, 0.05) is 17.8 Å². The molecule has 0 fully saturated rings. The van der Waals surface area contributed by atoms with Crippen LogP contribution in [0.4, 0.5) is 5.69 Å². The van der Waals surface area contributed by atoms with Gasteiger partial charge in [-0.2, -0.15) is 5.10 Å². The zero-order valence-corrected chi connectivity index (χ0v) is 9.57. The lowest BCUT2D eigenvalue weighted by molar-refractivity contribution is 0.689. The monoisotopic (exact) mass is 216 g/mol. The first-order chi connectivity index (χ1) is 7.75. The van der Waals surface area contributed by atoms with Gasteiger partial charge in [0.2, 0.25) is 0 Å². The van der Waals surface area contributed by atoms with Gasteiger partial charge in [-0.3, -0.25) is 5.10 Å². The molecule has 1 heterocycles. The van der Waals surface area contributed by atoms with E-state index >= 15 is 0 Å². The third-order valence-electron chi connectivity index (χ3n) is 2.29. The van der Waals surface area contributed by atoms with E-state index in [1.807, 2.05) is 12.1 Å². The minimum atomic E-state index is 0.647. The van der Waals surface area contributed by atoms with Crippen molar-refractivity contribution >= 4 is 5.69 Å². The molecule has 0 bridgehead atoms. The predicted molar refractivity (Wildman–Crippen MR) is 65.1 cm³/mol. The van der Waals surface area contributed by atoms with Crippen LogP contribution in [0.1, 0.15) is 13.8 Å². The summed E-state index contributed by atoms with van der Waals surface area (Å²) in [5, 5.41) is 10.0. The fourth-order valence-corrected chi connectivity index (χ4v) is 1.41. The van der Waals surface area contributed by atoms with Crippen LogP contribution in [0.15, 0.2) is 30.6 Å². The van der Waals surface area contributed by atoms with Crippen molar-refractivity contribution in [2.24, 2.45) is 5.92 Å². The molecule has 4 nitrogen and oxygen atoms in total. The van der Waals surface area contributed by atoms with Crippen molar-refractivity contribution in [3.8, 4) is 11.4 Å². The van der Waals surface area contributed by atoms with Gasteiger partial charge in [0.15, 0.2) is 5.82 Å². The molecule has 2 rings (SSSR count). The van der Waals surface area contributed by atoms with E-state index in [0.29, 0.717) is 5.92 Å². The average molecular weight is 216 g/mol. The number of benzene rings is 1. The molecule has 4 heteroatoms. The third kappa shape index (κ3) is 2.59. The highest BCUT2D eigenvalue weighted by atomic mass is 15.2. The van der Waals surface area contributed by atoms with E-state index in [0.717, 1.165) is 23.6 Å². The molecule has 84 valence electrons. The van der Waals surface area contributed by atoms with Crippen LogP contribution in [0, 0.1) is 5.92 Å². The molecule has 2 aromatic rings. The Kier molecular flexibility index (Phi) is 3.19. The first kappa shape index (κ1) is 10.7. The molecule has 0 radical (unpaired) electrons. The van der Waals surface area contributed by atoms with Crippen molar-refractivity contribution in [2.45, 2.75) is 13.8 Å². The summed E-state index contributed by atoms with van der Waals surface area (Å²) < 4.78 is 0. The van der Waals surface area contributed by atoms with Gasteiger partial charge in [-0.25, -0.2) is 4.98 Å². The van der Waals surface area contributed by atoms with Gasteiger partial charge in [0.1, 0.15) is 6.33 Å². The first-order valence-corrected chi connectivity index (χ1v) is 5.45. The minimum absolute atomic E-state index is 0.647. The summed E-state index contributed by atoms with van der Waals surface area (Å²) in [4.78, 5) is 4.10. The Bertz CT molecular complexity index is 417. The van der Waals surface area contributed by atoms with E-state index in [1.54, 1.807) is 0 Å². The van der Waals surface area contributed by atoms with E-state index in [2.05, 4.69) is 46.5 Å². The quantitative estimate of drug-likeness (QED) is 0.825. The lowest BCUT2D eigenvalue weighted by Gasteiger charge is -2.08. The highest BCUT2D eigenvalue weighted by molar-refractivity contribution is 5.59. The third-order valence-corrected chi connectivity index (χ3v) is 2.29.